The van der Waals surface area contributed by atoms with Gasteiger partial charge in [-0.3, -0.25) is 0 Å². The van der Waals surface area contributed by atoms with Crippen molar-refractivity contribution >= 4 is 22.7 Å². The van der Waals surface area contributed by atoms with Gasteiger partial charge in [-0.05, 0) is 0 Å². The molecule has 0 saturated heterocycles. The Balaban J connectivity index is 1.69. The topological polar surface area (TPSA) is 7.76 Å². The lowest BCUT2D eigenvalue weighted by atomic mass is 10.1. The second-order valence-electron chi connectivity index (χ2n) is 4.21. The Morgan fingerprint density at radius 3 is 1.50 bits per heavy atom. The van der Waals surface area contributed by atoms with Gasteiger partial charge in [-0.1, -0.05) is 46.9 Å². The molecule has 2 nitrogen and oxygen atoms in total. The van der Waals surface area contributed by atoms with Crippen LogP contribution in [0.3, 0.4) is 0 Å². The van der Waals surface area contributed by atoms with Gasteiger partial charge in [-0.2, -0.15) is 9.13 Å². The van der Waals surface area contributed by atoms with Crippen LogP contribution >= 0.6 is 22.7 Å². The summed E-state index contributed by atoms with van der Waals surface area (Å²) in [5.74, 6) is 0. The molecular weight excluding hydrogens is 260 g/mol. The molecule has 0 aliphatic carbocycles. The van der Waals surface area contributed by atoms with Gasteiger partial charge in [0, 0.05) is 11.1 Å². The molecule has 0 bridgehead atoms. The van der Waals surface area contributed by atoms with Crippen LogP contribution in [0.1, 0.15) is 11.1 Å². The fourth-order valence-corrected chi connectivity index (χ4v) is 3.07. The molecule has 0 aliphatic rings. The zero-order chi connectivity index (χ0) is 12.2. The van der Waals surface area contributed by atoms with Gasteiger partial charge in [0.2, 0.25) is 11.0 Å². The normalized spacial score (nSPS) is 10.7. The van der Waals surface area contributed by atoms with Crippen molar-refractivity contribution in [3.63, 3.8) is 0 Å². The maximum absolute atomic E-state index is 2.22. The van der Waals surface area contributed by atoms with E-state index >= 15 is 0 Å². The third-order valence-electron chi connectivity index (χ3n) is 2.81. The molecule has 0 radical (unpaired) electrons. The Morgan fingerprint density at radius 2 is 1.17 bits per heavy atom. The van der Waals surface area contributed by atoms with E-state index in [9.17, 15) is 0 Å². The smallest absolute Gasteiger partial charge is 0.191 e. The molecule has 0 aliphatic heterocycles. The van der Waals surface area contributed by atoms with Crippen molar-refractivity contribution in [1.29, 1.82) is 0 Å². The number of hydrogen-bond acceptors (Lipinski definition) is 2. The number of aromatic nitrogens is 2. The lowest BCUT2D eigenvalue weighted by molar-refractivity contribution is -0.684. The third kappa shape index (κ3) is 2.83. The van der Waals surface area contributed by atoms with Gasteiger partial charge >= 0.3 is 0 Å². The Morgan fingerprint density at radius 1 is 0.722 bits per heavy atom. The summed E-state index contributed by atoms with van der Waals surface area (Å²) < 4.78 is 4.40. The first-order valence-electron chi connectivity index (χ1n) is 5.80. The number of hydrogen-bond donors (Lipinski definition) is 0. The SMILES string of the molecule is c1c[n+](Cc2ccc(C[n+]3ccsc3)cc2)cs1. The predicted octanol–water partition coefficient (Wildman–Crippen LogP) is 2.48. The second kappa shape index (κ2) is 5.42. The molecule has 0 amide bonds. The molecular formula is C14H14N2S2+2. The Kier molecular flexibility index (Phi) is 3.48. The summed E-state index contributed by atoms with van der Waals surface area (Å²) in [5, 5.41) is 4.20. The first kappa shape index (κ1) is 11.6. The molecule has 0 fully saturated rings. The molecule has 0 spiro atoms. The van der Waals surface area contributed by atoms with Crippen LogP contribution in [-0.2, 0) is 13.1 Å². The van der Waals surface area contributed by atoms with E-state index in [4.69, 9.17) is 0 Å². The van der Waals surface area contributed by atoms with Crippen LogP contribution in [0.4, 0.5) is 0 Å². The van der Waals surface area contributed by atoms with Crippen LogP contribution in [0.2, 0.25) is 0 Å². The van der Waals surface area contributed by atoms with Gasteiger partial charge in [0.25, 0.3) is 0 Å². The van der Waals surface area contributed by atoms with Crippen molar-refractivity contribution in [2.75, 3.05) is 0 Å². The second-order valence-corrected chi connectivity index (χ2v) is 5.72. The van der Waals surface area contributed by atoms with Gasteiger partial charge in [0.05, 0.1) is 10.8 Å². The fourth-order valence-electron chi connectivity index (χ4n) is 1.88. The molecule has 2 aromatic heterocycles. The summed E-state index contributed by atoms with van der Waals surface area (Å²) in [6.45, 7) is 1.91. The fraction of sp³-hybridized carbons (Fsp3) is 0.143. The van der Waals surface area contributed by atoms with Crippen molar-refractivity contribution in [1.82, 2.24) is 0 Å². The minimum absolute atomic E-state index is 0.954. The monoisotopic (exact) mass is 274 g/mol. The van der Waals surface area contributed by atoms with Crippen molar-refractivity contribution in [2.24, 2.45) is 0 Å². The summed E-state index contributed by atoms with van der Waals surface area (Å²) in [6, 6.07) is 8.86. The van der Waals surface area contributed by atoms with Gasteiger partial charge in [-0.15, -0.1) is 0 Å². The van der Waals surface area contributed by atoms with E-state index in [0.717, 1.165) is 13.1 Å². The van der Waals surface area contributed by atoms with Crippen molar-refractivity contribution < 1.29 is 9.13 Å². The lowest BCUT2D eigenvalue weighted by Gasteiger charge is -1.98. The lowest BCUT2D eigenvalue weighted by Crippen LogP contribution is -2.31. The molecule has 0 unspecified atom stereocenters. The van der Waals surface area contributed by atoms with E-state index in [-0.39, 0.29) is 0 Å². The van der Waals surface area contributed by atoms with E-state index < -0.39 is 0 Å². The summed E-state index contributed by atoms with van der Waals surface area (Å²) in [6.07, 6.45) is 4.22. The van der Waals surface area contributed by atoms with Crippen LogP contribution in [-0.4, -0.2) is 0 Å². The number of nitrogens with zero attached hydrogens (tertiary/aromatic N) is 2. The van der Waals surface area contributed by atoms with E-state index in [1.807, 2.05) is 0 Å². The summed E-state index contributed by atoms with van der Waals surface area (Å²) in [7, 11) is 0. The highest BCUT2D eigenvalue weighted by molar-refractivity contribution is 7.07. The zero-order valence-corrected chi connectivity index (χ0v) is 11.5. The summed E-state index contributed by atoms with van der Waals surface area (Å²) in [5.41, 5.74) is 6.96. The van der Waals surface area contributed by atoms with E-state index in [1.54, 1.807) is 22.7 Å². The molecule has 1 aromatic carbocycles. The summed E-state index contributed by atoms with van der Waals surface area (Å²) in [4.78, 5) is 0. The molecule has 90 valence electrons. The zero-order valence-electron chi connectivity index (χ0n) is 9.90. The molecule has 2 heterocycles. The molecule has 3 aromatic rings. The van der Waals surface area contributed by atoms with Gasteiger partial charge in [0.15, 0.2) is 25.5 Å². The van der Waals surface area contributed by atoms with Crippen molar-refractivity contribution in [3.05, 3.63) is 69.6 Å². The number of benzene rings is 1. The predicted molar refractivity (Wildman–Crippen MR) is 73.7 cm³/mol. The van der Waals surface area contributed by atoms with Crippen LogP contribution in [0.15, 0.2) is 58.4 Å². The molecule has 0 atom stereocenters. The van der Waals surface area contributed by atoms with E-state index in [0.29, 0.717) is 0 Å². The highest BCUT2D eigenvalue weighted by Crippen LogP contribution is 2.05. The number of thiazole rings is 2. The largest absolute Gasteiger partial charge is 0.224 e. The average molecular weight is 274 g/mol. The molecule has 18 heavy (non-hydrogen) atoms. The minimum atomic E-state index is 0.954. The third-order valence-corrected chi connectivity index (χ3v) is 4.15. The molecule has 4 heteroatoms. The highest BCUT2D eigenvalue weighted by atomic mass is 32.1. The van der Waals surface area contributed by atoms with Crippen molar-refractivity contribution in [3.8, 4) is 0 Å². The first-order chi connectivity index (χ1) is 8.90. The maximum atomic E-state index is 2.22. The Bertz CT molecular complexity index is 528. The molecule has 3 rings (SSSR count). The van der Waals surface area contributed by atoms with E-state index in [1.165, 1.54) is 11.1 Å². The average Bonchev–Trinajstić information content (AvgIpc) is 3.05. The number of rotatable bonds is 4. The van der Waals surface area contributed by atoms with Crippen LogP contribution in [0.25, 0.3) is 0 Å². The van der Waals surface area contributed by atoms with Gasteiger partial charge in [0.1, 0.15) is 0 Å². The van der Waals surface area contributed by atoms with Crippen LogP contribution in [0.5, 0.6) is 0 Å². The standard InChI is InChI=1S/C14H14N2S2/c1-2-14(10-16-6-8-18-12-16)4-3-13(1)9-15-5-7-17-11-15/h1-8,11-12H,9-10H2/q+2. The minimum Gasteiger partial charge on any atom is -0.191 e. The quantitative estimate of drug-likeness (QED) is 0.646. The van der Waals surface area contributed by atoms with Crippen LogP contribution in [0, 0.1) is 0 Å². The van der Waals surface area contributed by atoms with Gasteiger partial charge < -0.3 is 0 Å². The molecule has 0 saturated carbocycles. The van der Waals surface area contributed by atoms with Gasteiger partial charge in [-0.25, -0.2) is 0 Å². The first-order valence-corrected chi connectivity index (χ1v) is 7.69. The Hall–Kier alpha value is -1.52. The Labute approximate surface area is 114 Å². The van der Waals surface area contributed by atoms with Crippen LogP contribution < -0.4 is 9.13 Å². The highest BCUT2D eigenvalue weighted by Gasteiger charge is 2.05. The molecule has 0 N–H and O–H groups in total. The van der Waals surface area contributed by atoms with Crippen molar-refractivity contribution in [2.45, 2.75) is 13.1 Å². The summed E-state index contributed by atoms with van der Waals surface area (Å²) >= 11 is 3.45. The maximum Gasteiger partial charge on any atom is 0.224 e. The van der Waals surface area contributed by atoms with E-state index in [2.05, 4.69) is 67.6 Å².